The normalized spacial score (nSPS) is 12.1. The number of para-hydroxylation sites is 4. The molecule has 7 nitrogen and oxygen atoms in total. The molecule has 0 fully saturated rings. The highest BCUT2D eigenvalue weighted by atomic mass is 15.0. The zero-order valence-electron chi connectivity index (χ0n) is 28.7. The summed E-state index contributed by atoms with van der Waals surface area (Å²) >= 11 is 0. The van der Waals surface area contributed by atoms with Crippen LogP contribution in [0.3, 0.4) is 0 Å². The highest BCUT2D eigenvalue weighted by Gasteiger charge is 2.24. The molecular weight excluding hydrogens is 663 g/mol. The van der Waals surface area contributed by atoms with Crippen molar-refractivity contribution in [3.63, 3.8) is 0 Å². The third kappa shape index (κ3) is 4.14. The lowest BCUT2D eigenvalue weighted by Gasteiger charge is -2.09. The Bertz CT molecular complexity index is 3370. The minimum absolute atomic E-state index is 0.603. The van der Waals surface area contributed by atoms with Crippen molar-refractivity contribution < 1.29 is 0 Å². The van der Waals surface area contributed by atoms with Crippen LogP contribution in [0.25, 0.3) is 111 Å². The fourth-order valence-electron chi connectivity index (χ4n) is 8.26. The molecule has 0 aliphatic heterocycles. The molecule has 0 unspecified atom stereocenters. The van der Waals surface area contributed by atoms with Gasteiger partial charge in [-0.25, -0.2) is 24.9 Å². The second-order valence-electron chi connectivity index (χ2n) is 13.8. The molecule has 0 radical (unpaired) electrons. The van der Waals surface area contributed by atoms with Crippen molar-refractivity contribution in [2.24, 2.45) is 0 Å². The van der Waals surface area contributed by atoms with Gasteiger partial charge in [0.05, 0.1) is 33.1 Å². The lowest BCUT2D eigenvalue weighted by Crippen LogP contribution is -2.00. The van der Waals surface area contributed by atoms with Crippen LogP contribution < -0.4 is 0 Å². The van der Waals surface area contributed by atoms with Gasteiger partial charge in [0.25, 0.3) is 0 Å². The van der Waals surface area contributed by atoms with Crippen molar-refractivity contribution >= 4 is 71.2 Å². The summed E-state index contributed by atoms with van der Waals surface area (Å²) in [5.41, 5.74) is 11.7. The van der Waals surface area contributed by atoms with Crippen molar-refractivity contribution in [3.05, 3.63) is 164 Å². The van der Waals surface area contributed by atoms with E-state index >= 15 is 0 Å². The molecule has 0 aliphatic carbocycles. The van der Waals surface area contributed by atoms with Gasteiger partial charge >= 0.3 is 0 Å². The maximum absolute atomic E-state index is 5.28. The number of aromatic nitrogens is 7. The Balaban J connectivity index is 1.23. The first-order valence-electron chi connectivity index (χ1n) is 18.0. The first kappa shape index (κ1) is 29.1. The van der Waals surface area contributed by atoms with Crippen molar-refractivity contribution in [1.29, 1.82) is 0 Å². The molecule has 0 aliphatic rings. The molecule has 0 amide bonds. The van der Waals surface area contributed by atoms with Gasteiger partial charge in [0.2, 0.25) is 0 Å². The SMILES string of the molecule is c1ccc(-c2nc(-c3ccccc3)nc(-c3cc4c5cc6c7ccccc7n(-c7ccccc7)c6cc5n5c6nc7ccccc7nc6c(c3)c45)n2)cc1. The van der Waals surface area contributed by atoms with Crippen LogP contribution in [0.4, 0.5) is 0 Å². The fourth-order valence-corrected chi connectivity index (χ4v) is 8.26. The standard InChI is InChI=1S/C47H27N7/c1-4-14-28(15-5-1)44-50-45(29-16-6-2-7-17-29)52-46(51-44)30-24-35-34-26-33-32-20-10-13-23-39(32)53(31-18-8-3-9-19-31)40(33)27-41(34)54-43(35)36(25-30)42-47(54)49-38-22-12-11-21-37(38)48-42/h1-27H. The Morgan fingerprint density at radius 3 is 1.61 bits per heavy atom. The zero-order valence-corrected chi connectivity index (χ0v) is 28.7. The summed E-state index contributed by atoms with van der Waals surface area (Å²) in [6, 6.07) is 56.7. The molecule has 0 atom stereocenters. The summed E-state index contributed by atoms with van der Waals surface area (Å²) in [7, 11) is 0. The van der Waals surface area contributed by atoms with Gasteiger partial charge in [0.15, 0.2) is 23.1 Å². The molecule has 0 spiro atoms. The molecule has 7 heteroatoms. The van der Waals surface area contributed by atoms with Crippen LogP contribution in [0.1, 0.15) is 0 Å². The lowest BCUT2D eigenvalue weighted by atomic mass is 10.0. The van der Waals surface area contributed by atoms with E-state index in [1.807, 2.05) is 84.9 Å². The average Bonchev–Trinajstić information content (AvgIpc) is 3.86. The summed E-state index contributed by atoms with van der Waals surface area (Å²) < 4.78 is 4.67. The summed E-state index contributed by atoms with van der Waals surface area (Å²) in [5, 5.41) is 5.64. The van der Waals surface area contributed by atoms with Crippen LogP contribution in [0.2, 0.25) is 0 Å². The zero-order chi connectivity index (χ0) is 35.3. The summed E-state index contributed by atoms with van der Waals surface area (Å²) in [5.74, 6) is 1.85. The molecule has 12 aromatic rings. The molecule has 5 aromatic heterocycles. The Kier molecular flexibility index (Phi) is 5.93. The Labute approximate surface area is 307 Å². The summed E-state index contributed by atoms with van der Waals surface area (Å²) in [6.45, 7) is 0. The van der Waals surface area contributed by atoms with Gasteiger partial charge in [-0.05, 0) is 54.6 Å². The van der Waals surface area contributed by atoms with Crippen molar-refractivity contribution in [2.75, 3.05) is 0 Å². The number of hydrogen-bond acceptors (Lipinski definition) is 5. The van der Waals surface area contributed by atoms with Gasteiger partial charge in [-0.15, -0.1) is 0 Å². The third-order valence-electron chi connectivity index (χ3n) is 10.6. The number of benzene rings is 7. The molecule has 54 heavy (non-hydrogen) atoms. The smallest absolute Gasteiger partial charge is 0.165 e. The molecule has 0 saturated carbocycles. The number of fused-ring (bicyclic) bond motifs is 10. The monoisotopic (exact) mass is 689 g/mol. The van der Waals surface area contributed by atoms with Gasteiger partial charge < -0.3 is 4.57 Å². The molecule has 250 valence electrons. The fraction of sp³-hybridized carbons (Fsp3) is 0. The van der Waals surface area contributed by atoms with Crippen LogP contribution >= 0.6 is 0 Å². The van der Waals surface area contributed by atoms with E-state index in [2.05, 4.69) is 87.8 Å². The minimum atomic E-state index is 0.603. The Hall–Kier alpha value is -7.51. The highest BCUT2D eigenvalue weighted by Crippen LogP contribution is 2.44. The minimum Gasteiger partial charge on any atom is -0.309 e. The van der Waals surface area contributed by atoms with Gasteiger partial charge in [-0.3, -0.25) is 4.40 Å². The largest absolute Gasteiger partial charge is 0.309 e. The summed E-state index contributed by atoms with van der Waals surface area (Å²) in [4.78, 5) is 25.8. The number of nitrogens with zero attached hydrogens (tertiary/aromatic N) is 7. The van der Waals surface area contributed by atoms with E-state index in [9.17, 15) is 0 Å². The van der Waals surface area contributed by atoms with E-state index in [4.69, 9.17) is 24.9 Å². The van der Waals surface area contributed by atoms with E-state index in [0.29, 0.717) is 17.5 Å². The first-order valence-corrected chi connectivity index (χ1v) is 18.0. The van der Waals surface area contributed by atoms with Crippen LogP contribution in [-0.4, -0.2) is 33.9 Å². The molecule has 0 saturated heterocycles. The lowest BCUT2D eigenvalue weighted by molar-refractivity contribution is 1.07. The van der Waals surface area contributed by atoms with Crippen LogP contribution in [0.5, 0.6) is 0 Å². The predicted molar refractivity (Wildman–Crippen MR) is 218 cm³/mol. The second kappa shape index (κ2) is 11.0. The van der Waals surface area contributed by atoms with E-state index in [1.165, 1.54) is 10.8 Å². The maximum atomic E-state index is 5.28. The number of rotatable bonds is 4. The predicted octanol–water partition coefficient (Wildman–Crippen LogP) is 11.1. The molecule has 0 bridgehead atoms. The van der Waals surface area contributed by atoms with Crippen molar-refractivity contribution in [1.82, 2.24) is 33.9 Å². The van der Waals surface area contributed by atoms with E-state index in [-0.39, 0.29) is 0 Å². The van der Waals surface area contributed by atoms with Gasteiger partial charge in [-0.2, -0.15) is 0 Å². The van der Waals surface area contributed by atoms with E-state index < -0.39 is 0 Å². The Morgan fingerprint density at radius 1 is 0.352 bits per heavy atom. The third-order valence-corrected chi connectivity index (χ3v) is 10.6. The Morgan fingerprint density at radius 2 is 0.907 bits per heavy atom. The molecule has 5 heterocycles. The molecular formula is C47H27N7. The van der Waals surface area contributed by atoms with Crippen molar-refractivity contribution in [3.8, 4) is 39.9 Å². The number of hydrogen-bond donors (Lipinski definition) is 0. The highest BCUT2D eigenvalue weighted by molar-refractivity contribution is 6.26. The van der Waals surface area contributed by atoms with E-state index in [1.54, 1.807) is 0 Å². The molecule has 0 N–H and O–H groups in total. The molecule has 12 rings (SSSR count). The summed E-state index contributed by atoms with van der Waals surface area (Å²) in [6.07, 6.45) is 0. The maximum Gasteiger partial charge on any atom is 0.165 e. The first-order chi connectivity index (χ1) is 26.8. The van der Waals surface area contributed by atoms with Gasteiger partial charge in [0.1, 0.15) is 5.52 Å². The second-order valence-corrected chi connectivity index (χ2v) is 13.8. The van der Waals surface area contributed by atoms with Gasteiger partial charge in [-0.1, -0.05) is 109 Å². The van der Waals surface area contributed by atoms with E-state index in [0.717, 1.165) is 82.8 Å². The van der Waals surface area contributed by atoms with Crippen LogP contribution in [0.15, 0.2) is 164 Å². The molecule has 7 aromatic carbocycles. The topological polar surface area (TPSA) is 73.8 Å². The quantitative estimate of drug-likeness (QED) is 0.184. The van der Waals surface area contributed by atoms with Gasteiger partial charge in [0, 0.05) is 49.3 Å². The average molecular weight is 690 g/mol. The van der Waals surface area contributed by atoms with Crippen molar-refractivity contribution in [2.45, 2.75) is 0 Å². The van der Waals surface area contributed by atoms with Crippen LogP contribution in [0, 0.1) is 0 Å². The van der Waals surface area contributed by atoms with Crippen LogP contribution in [-0.2, 0) is 0 Å².